The summed E-state index contributed by atoms with van der Waals surface area (Å²) >= 11 is 0. The number of carbonyl (C=O) groups is 1. The highest BCUT2D eigenvalue weighted by Crippen LogP contribution is 2.33. The highest BCUT2D eigenvalue weighted by molar-refractivity contribution is 6.07. The van der Waals surface area contributed by atoms with Crippen molar-refractivity contribution < 1.29 is 4.79 Å². The predicted octanol–water partition coefficient (Wildman–Crippen LogP) is 2.69. The van der Waals surface area contributed by atoms with E-state index in [1.165, 1.54) is 0 Å². The van der Waals surface area contributed by atoms with Crippen LogP contribution in [0.1, 0.15) is 36.0 Å². The van der Waals surface area contributed by atoms with Crippen LogP contribution in [0.3, 0.4) is 0 Å². The summed E-state index contributed by atoms with van der Waals surface area (Å²) in [6.07, 6.45) is 5.20. The molecule has 3 rings (SSSR count). The van der Waals surface area contributed by atoms with Crippen LogP contribution in [0.15, 0.2) is 36.5 Å². The topological polar surface area (TPSA) is 56.0 Å². The van der Waals surface area contributed by atoms with E-state index in [-0.39, 0.29) is 11.3 Å². The van der Waals surface area contributed by atoms with Crippen LogP contribution in [0.2, 0.25) is 0 Å². The molecule has 3 nitrogen and oxygen atoms in total. The van der Waals surface area contributed by atoms with Crippen molar-refractivity contribution >= 4 is 16.7 Å². The summed E-state index contributed by atoms with van der Waals surface area (Å²) in [6, 6.07) is 9.58. The van der Waals surface area contributed by atoms with Crippen LogP contribution in [0.25, 0.3) is 10.9 Å². The van der Waals surface area contributed by atoms with Crippen LogP contribution in [-0.4, -0.2) is 16.3 Å². The van der Waals surface area contributed by atoms with Gasteiger partial charge in [0.05, 0.1) is 5.52 Å². The van der Waals surface area contributed by atoms with Gasteiger partial charge < -0.3 is 5.73 Å². The Bertz CT molecular complexity index is 597. The number of ketones is 1. The second-order valence-corrected chi connectivity index (χ2v) is 5.20. The molecule has 92 valence electrons. The molecule has 2 N–H and O–H groups in total. The minimum atomic E-state index is -0.270. The van der Waals surface area contributed by atoms with Gasteiger partial charge in [-0.25, -0.2) is 0 Å². The maximum Gasteiger partial charge on any atom is 0.166 e. The van der Waals surface area contributed by atoms with Gasteiger partial charge in [0.25, 0.3) is 0 Å². The number of rotatable bonds is 3. The van der Waals surface area contributed by atoms with Crippen LogP contribution in [-0.2, 0) is 0 Å². The van der Waals surface area contributed by atoms with Crippen molar-refractivity contribution in [3.8, 4) is 0 Å². The van der Waals surface area contributed by atoms with Gasteiger partial charge in [-0.2, -0.15) is 0 Å². The van der Waals surface area contributed by atoms with Crippen molar-refractivity contribution in [2.45, 2.75) is 31.2 Å². The van der Waals surface area contributed by atoms with Crippen molar-refractivity contribution in [1.82, 2.24) is 4.98 Å². The molecular formula is C15H16N2O. The van der Waals surface area contributed by atoms with Crippen molar-refractivity contribution in [2.24, 2.45) is 5.73 Å². The highest BCUT2D eigenvalue weighted by Gasteiger charge is 2.35. The summed E-state index contributed by atoms with van der Waals surface area (Å²) in [5.41, 5.74) is 7.36. The number of hydrogen-bond acceptors (Lipinski definition) is 3. The Morgan fingerprint density at radius 1 is 1.28 bits per heavy atom. The molecule has 0 amide bonds. The zero-order valence-electron chi connectivity index (χ0n) is 10.2. The molecule has 1 aromatic carbocycles. The first kappa shape index (κ1) is 11.4. The van der Waals surface area contributed by atoms with Gasteiger partial charge in [-0.1, -0.05) is 18.2 Å². The quantitative estimate of drug-likeness (QED) is 0.839. The summed E-state index contributed by atoms with van der Waals surface area (Å²) in [6.45, 7) is 0. The Morgan fingerprint density at radius 3 is 2.78 bits per heavy atom. The Hall–Kier alpha value is -1.74. The number of nitrogens with zero attached hydrogens (tertiary/aromatic N) is 1. The van der Waals surface area contributed by atoms with Crippen molar-refractivity contribution in [1.29, 1.82) is 0 Å². The normalized spacial score (nSPS) is 17.4. The van der Waals surface area contributed by atoms with Crippen LogP contribution < -0.4 is 5.73 Å². The number of pyridine rings is 1. The molecule has 1 heterocycles. The fourth-order valence-corrected chi connectivity index (χ4v) is 2.55. The van der Waals surface area contributed by atoms with Gasteiger partial charge in [0.2, 0.25) is 0 Å². The number of fused-ring (bicyclic) bond motifs is 1. The molecule has 0 aliphatic heterocycles. The van der Waals surface area contributed by atoms with Gasteiger partial charge in [-0.05, 0) is 31.4 Å². The van der Waals surface area contributed by atoms with Gasteiger partial charge >= 0.3 is 0 Å². The molecule has 1 aromatic heterocycles. The van der Waals surface area contributed by atoms with Crippen molar-refractivity contribution in [3.05, 3.63) is 42.1 Å². The van der Waals surface area contributed by atoms with Crippen LogP contribution in [0.5, 0.6) is 0 Å². The number of hydrogen-bond donors (Lipinski definition) is 1. The molecule has 1 aliphatic rings. The molecule has 0 saturated heterocycles. The Balaban J connectivity index is 1.96. The fourth-order valence-electron chi connectivity index (χ4n) is 2.55. The first-order chi connectivity index (χ1) is 8.68. The monoisotopic (exact) mass is 240 g/mol. The maximum atomic E-state index is 12.3. The van der Waals surface area contributed by atoms with E-state index in [0.29, 0.717) is 12.0 Å². The third-order valence-corrected chi connectivity index (χ3v) is 3.80. The molecule has 1 fully saturated rings. The molecule has 0 radical (unpaired) electrons. The summed E-state index contributed by atoms with van der Waals surface area (Å²) < 4.78 is 0. The number of aromatic nitrogens is 1. The van der Waals surface area contributed by atoms with E-state index in [0.717, 1.165) is 30.2 Å². The Kier molecular flexibility index (Phi) is 2.63. The van der Waals surface area contributed by atoms with Crippen molar-refractivity contribution in [3.63, 3.8) is 0 Å². The molecule has 2 aromatic rings. The third kappa shape index (κ3) is 1.91. The van der Waals surface area contributed by atoms with E-state index in [9.17, 15) is 4.79 Å². The van der Waals surface area contributed by atoms with E-state index in [1.807, 2.05) is 30.3 Å². The second-order valence-electron chi connectivity index (χ2n) is 5.20. The molecule has 1 aliphatic carbocycles. The van der Waals surface area contributed by atoms with E-state index in [2.05, 4.69) is 4.98 Å². The number of carbonyl (C=O) groups excluding carboxylic acids is 1. The molecule has 3 heteroatoms. The standard InChI is InChI=1S/C15H16N2O/c16-15(7-3-8-15)10-13(18)12-6-1-4-11-5-2-9-17-14(11)12/h1-2,4-6,9H,3,7-8,10,16H2. The number of Topliss-reactive ketones (excluding diaryl/α,β-unsaturated/α-hetero) is 1. The lowest BCUT2D eigenvalue weighted by Gasteiger charge is -2.37. The van der Waals surface area contributed by atoms with Gasteiger partial charge in [-0.15, -0.1) is 0 Å². The lowest BCUT2D eigenvalue weighted by molar-refractivity contribution is 0.0914. The smallest absolute Gasteiger partial charge is 0.166 e. The second kappa shape index (κ2) is 4.18. The third-order valence-electron chi connectivity index (χ3n) is 3.80. The van der Waals surface area contributed by atoms with E-state index >= 15 is 0 Å². The maximum absolute atomic E-state index is 12.3. The zero-order valence-corrected chi connectivity index (χ0v) is 10.2. The largest absolute Gasteiger partial charge is 0.325 e. The summed E-state index contributed by atoms with van der Waals surface area (Å²) in [5.74, 6) is 0.113. The van der Waals surface area contributed by atoms with E-state index < -0.39 is 0 Å². The van der Waals surface area contributed by atoms with Crippen LogP contribution >= 0.6 is 0 Å². The molecule has 0 bridgehead atoms. The van der Waals surface area contributed by atoms with Gasteiger partial charge in [-0.3, -0.25) is 9.78 Å². The first-order valence-corrected chi connectivity index (χ1v) is 6.34. The summed E-state index contributed by atoms with van der Waals surface area (Å²) in [4.78, 5) is 16.7. The molecular weight excluding hydrogens is 224 g/mol. The minimum absolute atomic E-state index is 0.113. The lowest BCUT2D eigenvalue weighted by atomic mass is 9.73. The molecule has 18 heavy (non-hydrogen) atoms. The minimum Gasteiger partial charge on any atom is -0.325 e. The number of para-hydroxylation sites is 1. The van der Waals surface area contributed by atoms with Crippen LogP contribution in [0.4, 0.5) is 0 Å². The summed E-state index contributed by atoms with van der Waals surface area (Å²) in [5, 5.41) is 1.00. The van der Waals surface area contributed by atoms with Crippen LogP contribution in [0, 0.1) is 0 Å². The van der Waals surface area contributed by atoms with E-state index in [1.54, 1.807) is 6.20 Å². The van der Waals surface area contributed by atoms with Gasteiger partial charge in [0.1, 0.15) is 0 Å². The lowest BCUT2D eigenvalue weighted by Crippen LogP contribution is -2.48. The molecule has 1 saturated carbocycles. The number of benzene rings is 1. The van der Waals surface area contributed by atoms with Crippen molar-refractivity contribution in [2.75, 3.05) is 0 Å². The van der Waals surface area contributed by atoms with Gasteiger partial charge in [0, 0.05) is 29.1 Å². The zero-order chi connectivity index (χ0) is 12.6. The first-order valence-electron chi connectivity index (χ1n) is 6.34. The highest BCUT2D eigenvalue weighted by atomic mass is 16.1. The SMILES string of the molecule is NC1(CC(=O)c2cccc3cccnc23)CCC1. The Labute approximate surface area is 106 Å². The molecule has 0 unspecified atom stereocenters. The molecule has 0 atom stereocenters. The Morgan fingerprint density at radius 2 is 2.06 bits per heavy atom. The van der Waals surface area contributed by atoms with Gasteiger partial charge in [0.15, 0.2) is 5.78 Å². The average molecular weight is 240 g/mol. The van der Waals surface area contributed by atoms with E-state index in [4.69, 9.17) is 5.73 Å². The molecule has 0 spiro atoms. The predicted molar refractivity (Wildman–Crippen MR) is 71.5 cm³/mol. The fraction of sp³-hybridized carbons (Fsp3) is 0.333. The summed E-state index contributed by atoms with van der Waals surface area (Å²) in [7, 11) is 0. The average Bonchev–Trinajstić information content (AvgIpc) is 2.36. The number of nitrogens with two attached hydrogens (primary N) is 1.